The lowest BCUT2D eigenvalue weighted by molar-refractivity contribution is 0.135. The van der Waals surface area contributed by atoms with Gasteiger partial charge in [-0.25, -0.2) is 4.79 Å². The Morgan fingerprint density at radius 1 is 0.968 bits per heavy atom. The Morgan fingerprint density at radius 3 is 2.29 bits per heavy atom. The summed E-state index contributed by atoms with van der Waals surface area (Å²) in [6.45, 7) is 0.164. The molecule has 5 heteroatoms. The van der Waals surface area contributed by atoms with Gasteiger partial charge in [0.2, 0.25) is 0 Å². The molecule has 31 heavy (non-hydrogen) atoms. The largest absolute Gasteiger partial charge is 0.459 e. The van der Waals surface area contributed by atoms with Crippen molar-refractivity contribution in [2.24, 2.45) is 0 Å². The summed E-state index contributed by atoms with van der Waals surface area (Å²) in [6, 6.07) is 25.5. The van der Waals surface area contributed by atoms with Crippen LogP contribution in [0, 0.1) is 0 Å². The van der Waals surface area contributed by atoms with Gasteiger partial charge in [-0.15, -0.1) is 0 Å². The standard InChI is InChI=1S/C26H23NO4/c28-14-13-23(25-15-17-7-1-6-12-24(17)31-25)27-26(29)30-16-22-20-10-4-2-8-18(20)19-9-3-5-11-21(19)22/h1-12,15,22-23,28H,13-14,16H2,(H,27,29)/t23-/m1/s1. The van der Waals surface area contributed by atoms with Crippen molar-refractivity contribution in [2.75, 3.05) is 13.2 Å². The predicted molar refractivity (Wildman–Crippen MR) is 119 cm³/mol. The number of ether oxygens (including phenoxy) is 1. The summed E-state index contributed by atoms with van der Waals surface area (Å²) < 4.78 is 11.5. The molecule has 5 nitrogen and oxygen atoms in total. The molecule has 5 rings (SSSR count). The SMILES string of the molecule is O=C(N[C@H](CCO)c1cc2ccccc2o1)OCC1c2ccccc2-c2ccccc21. The van der Waals surface area contributed by atoms with Crippen LogP contribution in [0.4, 0.5) is 4.79 Å². The van der Waals surface area contributed by atoms with Crippen LogP contribution in [-0.4, -0.2) is 24.4 Å². The smallest absolute Gasteiger partial charge is 0.407 e. The van der Waals surface area contributed by atoms with Crippen LogP contribution in [0.2, 0.25) is 0 Å². The van der Waals surface area contributed by atoms with E-state index in [2.05, 4.69) is 29.6 Å². The van der Waals surface area contributed by atoms with Gasteiger partial charge in [-0.3, -0.25) is 0 Å². The molecular weight excluding hydrogens is 390 g/mol. The van der Waals surface area contributed by atoms with Crippen LogP contribution in [0.5, 0.6) is 0 Å². The highest BCUT2D eigenvalue weighted by atomic mass is 16.5. The van der Waals surface area contributed by atoms with Gasteiger partial charge in [0.15, 0.2) is 0 Å². The Morgan fingerprint density at radius 2 is 1.61 bits per heavy atom. The number of fused-ring (bicyclic) bond motifs is 4. The van der Waals surface area contributed by atoms with E-state index in [0.29, 0.717) is 12.2 Å². The summed E-state index contributed by atoms with van der Waals surface area (Å²) in [5.41, 5.74) is 5.45. The van der Waals surface area contributed by atoms with Crippen molar-refractivity contribution >= 4 is 17.1 Å². The number of para-hydroxylation sites is 1. The molecule has 3 aromatic carbocycles. The van der Waals surface area contributed by atoms with E-state index in [1.807, 2.05) is 54.6 Å². The number of carbonyl (C=O) groups is 1. The molecule has 4 aromatic rings. The van der Waals surface area contributed by atoms with Crippen LogP contribution in [0.3, 0.4) is 0 Å². The van der Waals surface area contributed by atoms with Crippen LogP contribution in [0.1, 0.15) is 35.3 Å². The van der Waals surface area contributed by atoms with Crippen molar-refractivity contribution in [1.82, 2.24) is 5.32 Å². The Bertz CT molecular complexity index is 1150. The molecule has 0 fully saturated rings. The Labute approximate surface area is 180 Å². The zero-order chi connectivity index (χ0) is 21.2. The predicted octanol–water partition coefficient (Wildman–Crippen LogP) is 5.40. The summed E-state index contributed by atoms with van der Waals surface area (Å²) in [5.74, 6) is 0.601. The minimum absolute atomic E-state index is 0.000595. The zero-order valence-corrected chi connectivity index (χ0v) is 17.0. The average molecular weight is 413 g/mol. The van der Waals surface area contributed by atoms with E-state index in [9.17, 15) is 9.90 Å². The van der Waals surface area contributed by atoms with E-state index in [0.717, 1.165) is 11.0 Å². The monoisotopic (exact) mass is 413 g/mol. The number of amides is 1. The van der Waals surface area contributed by atoms with Gasteiger partial charge in [0, 0.05) is 17.9 Å². The van der Waals surface area contributed by atoms with Crippen molar-refractivity contribution in [3.8, 4) is 11.1 Å². The molecule has 0 bridgehead atoms. The second kappa shape index (κ2) is 8.28. The lowest BCUT2D eigenvalue weighted by atomic mass is 9.98. The lowest BCUT2D eigenvalue weighted by Crippen LogP contribution is -2.30. The van der Waals surface area contributed by atoms with Crippen LogP contribution < -0.4 is 5.32 Å². The maximum absolute atomic E-state index is 12.6. The quantitative estimate of drug-likeness (QED) is 0.444. The number of hydrogen-bond donors (Lipinski definition) is 2. The third-order valence-corrected chi connectivity index (χ3v) is 5.84. The molecule has 0 radical (unpaired) electrons. The Balaban J connectivity index is 1.31. The van der Waals surface area contributed by atoms with Crippen LogP contribution in [-0.2, 0) is 4.74 Å². The van der Waals surface area contributed by atoms with Crippen LogP contribution >= 0.6 is 0 Å². The van der Waals surface area contributed by atoms with Gasteiger partial charge < -0.3 is 19.6 Å². The maximum Gasteiger partial charge on any atom is 0.407 e. The summed E-state index contributed by atoms with van der Waals surface area (Å²) >= 11 is 0. The summed E-state index contributed by atoms with van der Waals surface area (Å²) in [5, 5.41) is 13.3. The first-order valence-corrected chi connectivity index (χ1v) is 10.5. The first-order valence-electron chi connectivity index (χ1n) is 10.5. The Kier molecular flexibility index (Phi) is 5.18. The van der Waals surface area contributed by atoms with Gasteiger partial charge in [-0.2, -0.15) is 0 Å². The van der Waals surface area contributed by atoms with E-state index in [1.165, 1.54) is 22.3 Å². The third kappa shape index (κ3) is 3.68. The number of carbonyl (C=O) groups excluding carboxylic acids is 1. The van der Waals surface area contributed by atoms with Crippen LogP contribution in [0.25, 0.3) is 22.1 Å². The maximum atomic E-state index is 12.6. The highest BCUT2D eigenvalue weighted by molar-refractivity contribution is 5.79. The molecule has 1 aliphatic rings. The van der Waals surface area contributed by atoms with Crippen molar-refractivity contribution in [1.29, 1.82) is 0 Å². The molecule has 1 aromatic heterocycles. The Hall–Kier alpha value is -3.57. The second-order valence-corrected chi connectivity index (χ2v) is 7.72. The fourth-order valence-electron chi connectivity index (χ4n) is 4.37. The molecule has 0 saturated carbocycles. The van der Waals surface area contributed by atoms with Gasteiger partial charge in [0.25, 0.3) is 0 Å². The minimum Gasteiger partial charge on any atom is -0.459 e. The van der Waals surface area contributed by atoms with Gasteiger partial charge in [0.05, 0.1) is 6.04 Å². The van der Waals surface area contributed by atoms with E-state index < -0.39 is 12.1 Å². The van der Waals surface area contributed by atoms with Gasteiger partial charge in [-0.05, 0) is 40.8 Å². The molecule has 0 unspecified atom stereocenters. The number of rotatable bonds is 6. The summed E-state index contributed by atoms with van der Waals surface area (Å²) in [4.78, 5) is 12.6. The first-order chi connectivity index (χ1) is 15.2. The van der Waals surface area contributed by atoms with Crippen molar-refractivity contribution in [3.63, 3.8) is 0 Å². The topological polar surface area (TPSA) is 71.7 Å². The molecule has 1 heterocycles. The zero-order valence-electron chi connectivity index (χ0n) is 17.0. The minimum atomic E-state index is -0.527. The van der Waals surface area contributed by atoms with Crippen molar-refractivity contribution < 1.29 is 19.1 Å². The lowest BCUT2D eigenvalue weighted by Gasteiger charge is -2.18. The number of furan rings is 1. The highest BCUT2D eigenvalue weighted by Gasteiger charge is 2.29. The average Bonchev–Trinajstić information content (AvgIpc) is 3.37. The highest BCUT2D eigenvalue weighted by Crippen LogP contribution is 2.44. The van der Waals surface area contributed by atoms with E-state index in [4.69, 9.17) is 9.15 Å². The van der Waals surface area contributed by atoms with Crippen LogP contribution in [0.15, 0.2) is 83.3 Å². The fraction of sp³-hybridized carbons (Fsp3) is 0.192. The molecule has 1 aliphatic carbocycles. The van der Waals surface area contributed by atoms with E-state index >= 15 is 0 Å². The number of hydrogen-bond acceptors (Lipinski definition) is 4. The van der Waals surface area contributed by atoms with E-state index in [-0.39, 0.29) is 19.1 Å². The third-order valence-electron chi connectivity index (χ3n) is 5.84. The molecule has 2 N–H and O–H groups in total. The number of aliphatic hydroxyl groups is 1. The molecule has 0 saturated heterocycles. The number of benzene rings is 3. The van der Waals surface area contributed by atoms with Gasteiger partial charge in [0.1, 0.15) is 18.0 Å². The fourth-order valence-corrected chi connectivity index (χ4v) is 4.37. The molecule has 156 valence electrons. The summed E-state index contributed by atoms with van der Waals surface area (Å²) in [6.07, 6.45) is -0.190. The number of nitrogens with one attached hydrogen (secondary N) is 1. The second-order valence-electron chi connectivity index (χ2n) is 7.72. The summed E-state index contributed by atoms with van der Waals surface area (Å²) in [7, 11) is 0. The molecule has 0 spiro atoms. The molecule has 1 atom stereocenters. The van der Waals surface area contributed by atoms with E-state index in [1.54, 1.807) is 0 Å². The molecular formula is C26H23NO4. The molecule has 1 amide bonds. The van der Waals surface area contributed by atoms with Gasteiger partial charge in [-0.1, -0.05) is 66.7 Å². The van der Waals surface area contributed by atoms with Crippen molar-refractivity contribution in [3.05, 3.63) is 95.7 Å². The normalized spacial score (nSPS) is 13.6. The van der Waals surface area contributed by atoms with Crippen molar-refractivity contribution in [2.45, 2.75) is 18.4 Å². The molecule has 0 aliphatic heterocycles. The van der Waals surface area contributed by atoms with Gasteiger partial charge >= 0.3 is 6.09 Å². The number of alkyl carbamates (subject to hydrolysis) is 1. The first kappa shape index (κ1) is 19.4. The number of aliphatic hydroxyl groups excluding tert-OH is 1.